The number of amides is 1. The molecule has 0 saturated heterocycles. The number of carbonyl (C=O) groups is 2. The smallest absolute Gasteiger partial charge is 0.326 e. The number of imidazole rings is 1. The van der Waals surface area contributed by atoms with Crippen molar-refractivity contribution in [3.63, 3.8) is 0 Å². The molecule has 0 aliphatic rings. The zero-order valence-electron chi connectivity index (χ0n) is 10.8. The second-order valence-corrected chi connectivity index (χ2v) is 4.39. The van der Waals surface area contributed by atoms with Crippen LogP contribution in [-0.2, 0) is 11.2 Å². The van der Waals surface area contributed by atoms with Crippen molar-refractivity contribution < 1.29 is 19.8 Å². The molecule has 0 bridgehead atoms. The second-order valence-electron chi connectivity index (χ2n) is 4.39. The van der Waals surface area contributed by atoms with Crippen LogP contribution < -0.4 is 11.0 Å². The van der Waals surface area contributed by atoms with Crippen LogP contribution in [0.15, 0.2) is 35.3 Å². The Balaban J connectivity index is 2.09. The minimum absolute atomic E-state index is 0.0445. The van der Waals surface area contributed by atoms with Gasteiger partial charge in [0.25, 0.3) is 5.91 Å². The standard InChI is InChI=1S/C13H13N3O5/c17-8-3-1-7(2-4-8)5-9(12(19)20)15-11(18)10-6-14-13(21)16-10/h1-4,6,9,17H,5H2,(H,15,18)(H,19,20)(H2,14,16,21)/t9-/m1/s1. The van der Waals surface area contributed by atoms with Gasteiger partial charge in [-0.2, -0.15) is 0 Å². The fourth-order valence-electron chi connectivity index (χ4n) is 1.76. The van der Waals surface area contributed by atoms with Gasteiger partial charge in [0.15, 0.2) is 0 Å². The van der Waals surface area contributed by atoms with E-state index in [0.29, 0.717) is 5.56 Å². The van der Waals surface area contributed by atoms with Crippen molar-refractivity contribution in [1.29, 1.82) is 0 Å². The average molecular weight is 291 g/mol. The fraction of sp³-hybridized carbons (Fsp3) is 0.154. The predicted octanol–water partition coefficient (Wildman–Crippen LogP) is -0.166. The van der Waals surface area contributed by atoms with E-state index in [9.17, 15) is 19.5 Å². The number of aliphatic carboxylic acids is 1. The van der Waals surface area contributed by atoms with Crippen LogP contribution in [0.5, 0.6) is 5.75 Å². The molecule has 8 heteroatoms. The number of rotatable bonds is 5. The number of carboxylic acids is 1. The third-order valence-electron chi connectivity index (χ3n) is 2.82. The zero-order chi connectivity index (χ0) is 15.4. The van der Waals surface area contributed by atoms with E-state index in [4.69, 9.17) is 5.11 Å². The number of phenols is 1. The molecule has 1 atom stereocenters. The third kappa shape index (κ3) is 3.72. The zero-order valence-corrected chi connectivity index (χ0v) is 10.8. The Bertz CT molecular complexity index is 701. The van der Waals surface area contributed by atoms with Crippen LogP contribution in [0.3, 0.4) is 0 Å². The van der Waals surface area contributed by atoms with E-state index >= 15 is 0 Å². The normalized spacial score (nSPS) is 11.8. The van der Waals surface area contributed by atoms with E-state index < -0.39 is 23.6 Å². The number of aromatic nitrogens is 2. The Morgan fingerprint density at radius 3 is 2.43 bits per heavy atom. The number of hydrogen-bond acceptors (Lipinski definition) is 4. The van der Waals surface area contributed by atoms with Gasteiger partial charge in [0.1, 0.15) is 17.5 Å². The van der Waals surface area contributed by atoms with Crippen molar-refractivity contribution in [3.8, 4) is 5.75 Å². The average Bonchev–Trinajstić information content (AvgIpc) is 2.87. The number of benzene rings is 1. The van der Waals surface area contributed by atoms with Gasteiger partial charge in [-0.25, -0.2) is 9.59 Å². The molecule has 0 aliphatic heterocycles. The topological polar surface area (TPSA) is 135 Å². The molecule has 8 nitrogen and oxygen atoms in total. The fourth-order valence-corrected chi connectivity index (χ4v) is 1.76. The molecule has 0 radical (unpaired) electrons. The lowest BCUT2D eigenvalue weighted by Crippen LogP contribution is -2.42. The van der Waals surface area contributed by atoms with E-state index in [-0.39, 0.29) is 17.9 Å². The summed E-state index contributed by atoms with van der Waals surface area (Å²) in [6.45, 7) is 0. The van der Waals surface area contributed by atoms with Crippen LogP contribution in [0.2, 0.25) is 0 Å². The minimum atomic E-state index is -1.20. The van der Waals surface area contributed by atoms with Crippen LogP contribution in [0, 0.1) is 0 Å². The Hall–Kier alpha value is -3.03. The number of carboxylic acid groups (broad SMARTS) is 1. The quantitative estimate of drug-likeness (QED) is 0.521. The molecule has 110 valence electrons. The van der Waals surface area contributed by atoms with E-state index in [1.165, 1.54) is 12.1 Å². The summed E-state index contributed by atoms with van der Waals surface area (Å²) in [5.41, 5.74) is 0.0468. The number of phenolic OH excluding ortho intramolecular Hbond substituents is 1. The first-order valence-corrected chi connectivity index (χ1v) is 6.05. The van der Waals surface area contributed by atoms with Crippen LogP contribution in [0.25, 0.3) is 0 Å². The summed E-state index contributed by atoms with van der Waals surface area (Å²) in [5, 5.41) is 20.6. The maximum Gasteiger partial charge on any atom is 0.326 e. The summed E-state index contributed by atoms with van der Waals surface area (Å²) >= 11 is 0. The van der Waals surface area contributed by atoms with Crippen molar-refractivity contribution >= 4 is 11.9 Å². The first-order chi connectivity index (χ1) is 9.95. The Morgan fingerprint density at radius 1 is 1.24 bits per heavy atom. The Labute approximate surface area is 118 Å². The first-order valence-electron chi connectivity index (χ1n) is 6.05. The highest BCUT2D eigenvalue weighted by atomic mass is 16.4. The van der Waals surface area contributed by atoms with Crippen molar-refractivity contribution in [2.45, 2.75) is 12.5 Å². The summed E-state index contributed by atoms with van der Waals surface area (Å²) in [7, 11) is 0. The number of hydrogen-bond donors (Lipinski definition) is 5. The van der Waals surface area contributed by atoms with E-state index in [1.807, 2.05) is 0 Å². The van der Waals surface area contributed by atoms with Crippen LogP contribution in [0.4, 0.5) is 0 Å². The molecule has 2 rings (SSSR count). The maximum absolute atomic E-state index is 11.8. The molecule has 0 fully saturated rings. The molecule has 0 saturated carbocycles. The van der Waals surface area contributed by atoms with E-state index in [1.54, 1.807) is 12.1 Å². The molecule has 5 N–H and O–H groups in total. The molecule has 1 aromatic carbocycles. The lowest BCUT2D eigenvalue weighted by Gasteiger charge is -2.14. The van der Waals surface area contributed by atoms with Gasteiger partial charge in [-0.3, -0.25) is 4.79 Å². The van der Waals surface area contributed by atoms with Crippen molar-refractivity contribution in [2.24, 2.45) is 0 Å². The predicted molar refractivity (Wildman–Crippen MR) is 72.1 cm³/mol. The molecule has 2 aromatic rings. The summed E-state index contributed by atoms with van der Waals surface area (Å²) in [4.78, 5) is 38.4. The van der Waals surface area contributed by atoms with Gasteiger partial charge in [0.2, 0.25) is 0 Å². The van der Waals surface area contributed by atoms with E-state index in [0.717, 1.165) is 6.20 Å². The van der Waals surface area contributed by atoms with Crippen molar-refractivity contribution in [3.05, 3.63) is 52.2 Å². The lowest BCUT2D eigenvalue weighted by molar-refractivity contribution is -0.139. The number of nitrogens with one attached hydrogen (secondary N) is 3. The molecule has 21 heavy (non-hydrogen) atoms. The van der Waals surface area contributed by atoms with Crippen molar-refractivity contribution in [2.75, 3.05) is 0 Å². The van der Waals surface area contributed by atoms with Gasteiger partial charge < -0.3 is 25.5 Å². The summed E-state index contributed by atoms with van der Waals surface area (Å²) in [5.74, 6) is -1.83. The molecular formula is C13H13N3O5. The summed E-state index contributed by atoms with van der Waals surface area (Å²) in [6, 6.07) is 4.84. The largest absolute Gasteiger partial charge is 0.508 e. The highest BCUT2D eigenvalue weighted by Crippen LogP contribution is 2.11. The Kier molecular flexibility index (Phi) is 4.07. The molecule has 0 unspecified atom stereocenters. The lowest BCUT2D eigenvalue weighted by atomic mass is 10.1. The van der Waals surface area contributed by atoms with Crippen LogP contribution in [-0.4, -0.2) is 38.1 Å². The van der Waals surface area contributed by atoms with Crippen molar-refractivity contribution in [1.82, 2.24) is 15.3 Å². The second kappa shape index (κ2) is 5.95. The number of aromatic amines is 2. The monoisotopic (exact) mass is 291 g/mol. The molecule has 0 aliphatic carbocycles. The SMILES string of the molecule is O=C(N[C@H](Cc1ccc(O)cc1)C(=O)O)c1c[nH]c(=O)[nH]1. The highest BCUT2D eigenvalue weighted by molar-refractivity contribution is 5.94. The van der Waals surface area contributed by atoms with Crippen LogP contribution >= 0.6 is 0 Å². The van der Waals surface area contributed by atoms with Gasteiger partial charge >= 0.3 is 11.7 Å². The molecular weight excluding hydrogens is 278 g/mol. The molecule has 1 heterocycles. The van der Waals surface area contributed by atoms with Crippen LogP contribution in [0.1, 0.15) is 16.1 Å². The molecule has 1 aromatic heterocycles. The first kappa shape index (κ1) is 14.4. The van der Waals surface area contributed by atoms with Gasteiger partial charge in [0, 0.05) is 12.6 Å². The summed E-state index contributed by atoms with van der Waals surface area (Å²) < 4.78 is 0. The van der Waals surface area contributed by atoms with Gasteiger partial charge in [0.05, 0.1) is 0 Å². The third-order valence-corrected chi connectivity index (χ3v) is 2.82. The number of carbonyl (C=O) groups excluding carboxylic acids is 1. The number of aromatic hydroxyl groups is 1. The summed E-state index contributed by atoms with van der Waals surface area (Å²) in [6.07, 6.45) is 1.22. The van der Waals surface area contributed by atoms with Gasteiger partial charge in [-0.15, -0.1) is 0 Å². The minimum Gasteiger partial charge on any atom is -0.508 e. The van der Waals surface area contributed by atoms with E-state index in [2.05, 4.69) is 15.3 Å². The Morgan fingerprint density at radius 2 is 1.90 bits per heavy atom. The van der Waals surface area contributed by atoms with Gasteiger partial charge in [-0.1, -0.05) is 12.1 Å². The maximum atomic E-state index is 11.8. The number of H-pyrrole nitrogens is 2. The molecule has 1 amide bonds. The highest BCUT2D eigenvalue weighted by Gasteiger charge is 2.21. The molecule has 0 spiro atoms. The van der Waals surface area contributed by atoms with Gasteiger partial charge in [-0.05, 0) is 17.7 Å².